The van der Waals surface area contributed by atoms with Gasteiger partial charge in [-0.2, -0.15) is 0 Å². The average molecular weight is 543 g/mol. The third-order valence-electron chi connectivity index (χ3n) is 8.43. The van der Waals surface area contributed by atoms with Crippen molar-refractivity contribution in [3.8, 4) is 0 Å². The van der Waals surface area contributed by atoms with Crippen LogP contribution in [0.25, 0.3) is 0 Å². The third kappa shape index (κ3) is 5.48. The molecule has 12 atom stereocenters. The zero-order chi connectivity index (χ0) is 27.7. The zero-order valence-electron chi connectivity index (χ0n) is 21.7. The van der Waals surface area contributed by atoms with Gasteiger partial charge in [0.2, 0.25) is 6.29 Å². The molecular weight excluding hydrogens is 504 g/mol. The molecule has 0 spiro atoms. The van der Waals surface area contributed by atoms with Crippen molar-refractivity contribution >= 4 is 11.9 Å². The fraction of sp³-hybridized carbons (Fsp3) is 0.769. The number of allylic oxidation sites excluding steroid dienone is 1. The third-order valence-corrected chi connectivity index (χ3v) is 8.43. The highest BCUT2D eigenvalue weighted by atomic mass is 16.8. The van der Waals surface area contributed by atoms with Crippen LogP contribution < -0.4 is 0 Å². The van der Waals surface area contributed by atoms with Crippen LogP contribution in [0.15, 0.2) is 23.5 Å². The van der Waals surface area contributed by atoms with Gasteiger partial charge in [0.25, 0.3) is 0 Å². The molecule has 0 aromatic carbocycles. The summed E-state index contributed by atoms with van der Waals surface area (Å²) in [6.07, 6.45) is -6.06. The lowest BCUT2D eigenvalue weighted by Crippen LogP contribution is -2.60. The Labute approximate surface area is 220 Å². The van der Waals surface area contributed by atoms with Gasteiger partial charge in [0.05, 0.1) is 31.5 Å². The number of rotatable bonds is 4. The van der Waals surface area contributed by atoms with Gasteiger partial charge in [-0.3, -0.25) is 4.79 Å². The lowest BCUT2D eigenvalue weighted by Gasteiger charge is -2.42. The molecular formula is C26H38O12. The monoisotopic (exact) mass is 542 g/mol. The normalized spacial score (nSPS) is 45.2. The number of cyclic esters (lactones) is 1. The first-order chi connectivity index (χ1) is 18.1. The van der Waals surface area contributed by atoms with E-state index in [1.54, 1.807) is 13.0 Å². The number of carbonyl (C=O) groups excluding carboxylic acids is 2. The van der Waals surface area contributed by atoms with Crippen molar-refractivity contribution in [2.45, 2.75) is 76.7 Å². The summed E-state index contributed by atoms with van der Waals surface area (Å²) in [5.41, 5.74) is 0.458. The summed E-state index contributed by atoms with van der Waals surface area (Å²) in [6, 6.07) is 0. The Hall–Kier alpha value is -2.06. The van der Waals surface area contributed by atoms with Gasteiger partial charge in [-0.05, 0) is 37.0 Å². The first-order valence-corrected chi connectivity index (χ1v) is 13.1. The predicted octanol–water partition coefficient (Wildman–Crippen LogP) is -0.635. The van der Waals surface area contributed by atoms with E-state index < -0.39 is 61.5 Å². The van der Waals surface area contributed by atoms with E-state index in [2.05, 4.69) is 0 Å². The van der Waals surface area contributed by atoms with Gasteiger partial charge in [0, 0.05) is 18.1 Å². The summed E-state index contributed by atoms with van der Waals surface area (Å²) in [5.74, 6) is -2.24. The second-order valence-corrected chi connectivity index (χ2v) is 10.6. The molecule has 0 aromatic heterocycles. The Kier molecular flexibility index (Phi) is 9.13. The van der Waals surface area contributed by atoms with E-state index >= 15 is 0 Å². The molecule has 4 rings (SSSR count). The van der Waals surface area contributed by atoms with Gasteiger partial charge >= 0.3 is 11.9 Å². The lowest BCUT2D eigenvalue weighted by atomic mass is 9.83. The lowest BCUT2D eigenvalue weighted by molar-refractivity contribution is -0.327. The highest BCUT2D eigenvalue weighted by Gasteiger charge is 2.48. The summed E-state index contributed by atoms with van der Waals surface area (Å²) >= 11 is 0. The Morgan fingerprint density at radius 3 is 2.47 bits per heavy atom. The van der Waals surface area contributed by atoms with Gasteiger partial charge in [-0.1, -0.05) is 19.9 Å². The first kappa shape index (κ1) is 28.9. The molecule has 3 fully saturated rings. The van der Waals surface area contributed by atoms with Gasteiger partial charge in [-0.15, -0.1) is 0 Å². The topological polar surface area (TPSA) is 181 Å². The van der Waals surface area contributed by atoms with Crippen LogP contribution in [-0.4, -0.2) is 100 Å². The second kappa shape index (κ2) is 12.0. The van der Waals surface area contributed by atoms with Gasteiger partial charge in [0.15, 0.2) is 6.29 Å². The van der Waals surface area contributed by atoms with Crippen molar-refractivity contribution in [1.82, 2.24) is 0 Å². The van der Waals surface area contributed by atoms with E-state index in [1.807, 2.05) is 13.8 Å². The molecule has 3 heterocycles. The van der Waals surface area contributed by atoms with Crippen molar-refractivity contribution in [3.63, 3.8) is 0 Å². The van der Waals surface area contributed by atoms with Gasteiger partial charge in [0.1, 0.15) is 30.5 Å². The van der Waals surface area contributed by atoms with E-state index in [0.717, 1.165) is 6.26 Å². The largest absolute Gasteiger partial charge is 0.468 e. The number of aliphatic hydroxyl groups is 5. The quantitative estimate of drug-likeness (QED) is 0.224. The number of hydrogen-bond donors (Lipinski definition) is 5. The molecule has 0 amide bonds. The van der Waals surface area contributed by atoms with Crippen molar-refractivity contribution in [3.05, 3.63) is 23.5 Å². The van der Waals surface area contributed by atoms with Crippen LogP contribution in [-0.2, 0) is 33.3 Å². The van der Waals surface area contributed by atoms with E-state index in [9.17, 15) is 35.1 Å². The Morgan fingerprint density at radius 1 is 1.08 bits per heavy atom. The van der Waals surface area contributed by atoms with Crippen LogP contribution in [0.3, 0.4) is 0 Å². The summed E-state index contributed by atoms with van der Waals surface area (Å²) in [7, 11) is 0. The number of esters is 2. The van der Waals surface area contributed by atoms with E-state index in [0.29, 0.717) is 12.0 Å². The highest BCUT2D eigenvalue weighted by molar-refractivity contribution is 5.91. The summed E-state index contributed by atoms with van der Waals surface area (Å²) in [4.78, 5) is 26.2. The molecule has 5 N–H and O–H groups in total. The van der Waals surface area contributed by atoms with Crippen LogP contribution >= 0.6 is 0 Å². The summed E-state index contributed by atoms with van der Waals surface area (Å²) in [6.45, 7) is 4.97. The van der Waals surface area contributed by atoms with Gasteiger partial charge < -0.3 is 49.2 Å². The molecule has 2 bridgehead atoms. The molecule has 2 saturated heterocycles. The molecule has 1 aliphatic carbocycles. The summed E-state index contributed by atoms with van der Waals surface area (Å²) < 4.78 is 28.3. The van der Waals surface area contributed by atoms with E-state index in [1.165, 1.54) is 0 Å². The van der Waals surface area contributed by atoms with Crippen molar-refractivity contribution in [2.75, 3.05) is 19.8 Å². The van der Waals surface area contributed by atoms with Crippen molar-refractivity contribution in [1.29, 1.82) is 0 Å². The minimum atomic E-state index is -1.66. The zero-order valence-corrected chi connectivity index (χ0v) is 21.7. The maximum Gasteiger partial charge on any atom is 0.337 e. The van der Waals surface area contributed by atoms with E-state index in [-0.39, 0.29) is 55.0 Å². The number of hydrogen-bond acceptors (Lipinski definition) is 12. The van der Waals surface area contributed by atoms with Crippen molar-refractivity contribution < 1.29 is 58.8 Å². The number of ether oxygens (including phenoxy) is 5. The number of fused-ring (bicyclic) bond motifs is 3. The second-order valence-electron chi connectivity index (χ2n) is 10.6. The van der Waals surface area contributed by atoms with E-state index in [4.69, 9.17) is 23.7 Å². The molecule has 4 aliphatic rings. The summed E-state index contributed by atoms with van der Waals surface area (Å²) in [5, 5.41) is 50.0. The maximum absolute atomic E-state index is 13.1. The van der Waals surface area contributed by atoms with Crippen LogP contribution in [0.2, 0.25) is 0 Å². The average Bonchev–Trinajstić information content (AvgIpc) is 3.21. The fourth-order valence-electron chi connectivity index (χ4n) is 6.04. The Balaban J connectivity index is 1.58. The Morgan fingerprint density at radius 2 is 1.82 bits per heavy atom. The molecule has 0 radical (unpaired) electrons. The van der Waals surface area contributed by atoms with Crippen LogP contribution in [0.5, 0.6) is 0 Å². The molecule has 12 nitrogen and oxygen atoms in total. The Bertz CT molecular complexity index is 931. The molecule has 38 heavy (non-hydrogen) atoms. The molecule has 0 aromatic rings. The standard InChI is InChI=1S/C26H38O12/c1-4-13-15-6-20(29)36-18-5-14(16(7-27)12(18)3)11(2)9-34-24(33)17(15)10-35-25(13)38-26-23(32)22(31)21(30)19(8-28)37-26/h4,10-12,14-16,18-19,21-23,25-28,30-32H,5-9H2,1-3H3/b13-4+/t11-,12+,14+,15-,16-,18-,19+,21+,22-,23+,25-,26-/m0/s1. The minimum Gasteiger partial charge on any atom is -0.468 e. The maximum atomic E-state index is 13.1. The predicted molar refractivity (Wildman–Crippen MR) is 128 cm³/mol. The van der Waals surface area contributed by atoms with Crippen LogP contribution in [0, 0.1) is 29.6 Å². The first-order valence-electron chi connectivity index (χ1n) is 13.1. The molecule has 12 heteroatoms. The number of carbonyl (C=O) groups is 2. The number of aliphatic hydroxyl groups excluding tert-OH is 5. The van der Waals surface area contributed by atoms with Crippen LogP contribution in [0.4, 0.5) is 0 Å². The molecule has 3 aliphatic heterocycles. The van der Waals surface area contributed by atoms with Gasteiger partial charge in [-0.25, -0.2) is 4.79 Å². The van der Waals surface area contributed by atoms with Crippen molar-refractivity contribution in [2.24, 2.45) is 29.6 Å². The fourth-order valence-corrected chi connectivity index (χ4v) is 6.04. The van der Waals surface area contributed by atoms with Crippen LogP contribution in [0.1, 0.15) is 33.6 Å². The highest BCUT2D eigenvalue weighted by Crippen LogP contribution is 2.44. The molecule has 0 unspecified atom stereocenters. The molecule has 1 saturated carbocycles. The minimum absolute atomic E-state index is 0.0230. The molecule has 214 valence electrons. The SMILES string of the molecule is C/C=C1/[C@H](O[C@@H]2O[C@H](CO)[C@@H](O)[C@H](O)[C@H]2O)OC=C2C(=O)OC[C@H](C)[C@H]3C[C@H](OC(=O)C[C@H]21)[C@H](C)[C@@H]3CO. The smallest absolute Gasteiger partial charge is 0.337 e.